The highest BCUT2D eigenvalue weighted by Gasteiger charge is 2.22. The lowest BCUT2D eigenvalue weighted by molar-refractivity contribution is 0.597. The Morgan fingerprint density at radius 3 is 2.59 bits per heavy atom. The third kappa shape index (κ3) is 3.38. The minimum absolute atomic E-state index is 0.0538. The molecular formula is C30H29NOS2. The third-order valence-corrected chi connectivity index (χ3v) is 9.01. The van der Waals surface area contributed by atoms with Gasteiger partial charge in [0.1, 0.15) is 11.2 Å². The largest absolute Gasteiger partial charge is 0.456 e. The van der Waals surface area contributed by atoms with E-state index >= 15 is 0 Å². The highest BCUT2D eigenvalue weighted by Crippen LogP contribution is 2.43. The van der Waals surface area contributed by atoms with Crippen molar-refractivity contribution in [1.29, 1.82) is 0 Å². The summed E-state index contributed by atoms with van der Waals surface area (Å²) in [6.07, 6.45) is 3.00. The lowest BCUT2D eigenvalue weighted by Gasteiger charge is -2.21. The van der Waals surface area contributed by atoms with Gasteiger partial charge in [-0.05, 0) is 88.4 Å². The Kier molecular flexibility index (Phi) is 4.91. The van der Waals surface area contributed by atoms with E-state index in [1.807, 2.05) is 34.9 Å². The normalized spacial score (nSPS) is 12.8. The molecular weight excluding hydrogens is 454 g/mol. The zero-order valence-corrected chi connectivity index (χ0v) is 22.2. The van der Waals surface area contributed by atoms with Gasteiger partial charge in [-0.2, -0.15) is 0 Å². The highest BCUT2D eigenvalue weighted by molar-refractivity contribution is 7.19. The first-order valence-electron chi connectivity index (χ1n) is 12.0. The molecule has 4 aromatic heterocycles. The van der Waals surface area contributed by atoms with E-state index in [-0.39, 0.29) is 5.41 Å². The van der Waals surface area contributed by atoms with E-state index < -0.39 is 0 Å². The van der Waals surface area contributed by atoms with Gasteiger partial charge in [0.05, 0.1) is 11.1 Å². The summed E-state index contributed by atoms with van der Waals surface area (Å²) in [6, 6.07) is 13.4. The molecule has 0 bridgehead atoms. The topological polar surface area (TPSA) is 26.0 Å². The molecule has 0 fully saturated rings. The van der Waals surface area contributed by atoms with Crippen molar-refractivity contribution >= 4 is 64.8 Å². The minimum Gasteiger partial charge on any atom is -0.456 e. The molecule has 2 aromatic carbocycles. The molecule has 0 atom stereocenters. The lowest BCUT2D eigenvalue weighted by atomic mass is 9.85. The third-order valence-electron chi connectivity index (χ3n) is 6.77. The van der Waals surface area contributed by atoms with Crippen LogP contribution in [-0.2, 0) is 11.8 Å². The molecule has 0 saturated heterocycles. The molecule has 4 heterocycles. The maximum Gasteiger partial charge on any atom is 0.139 e. The van der Waals surface area contributed by atoms with Gasteiger partial charge in [-0.1, -0.05) is 34.6 Å². The van der Waals surface area contributed by atoms with Crippen LogP contribution in [0.25, 0.3) is 53.4 Å². The first-order chi connectivity index (χ1) is 16.2. The molecule has 0 N–H and O–H groups in total. The van der Waals surface area contributed by atoms with Gasteiger partial charge in [-0.15, -0.1) is 22.7 Å². The average Bonchev–Trinajstić information content (AvgIpc) is 3.46. The molecule has 6 aromatic rings. The zero-order chi connectivity index (χ0) is 23.8. The molecule has 0 amide bonds. The Bertz CT molecular complexity index is 1710. The van der Waals surface area contributed by atoms with Gasteiger partial charge in [-0.25, -0.2) is 0 Å². The number of benzene rings is 2. The van der Waals surface area contributed by atoms with E-state index in [1.54, 1.807) is 0 Å². The van der Waals surface area contributed by atoms with E-state index in [0.29, 0.717) is 5.92 Å². The number of hydrogen-bond acceptors (Lipinski definition) is 4. The molecule has 34 heavy (non-hydrogen) atoms. The zero-order valence-electron chi connectivity index (χ0n) is 20.6. The number of rotatable bonds is 3. The maximum absolute atomic E-state index is 6.39. The molecule has 0 saturated carbocycles. The van der Waals surface area contributed by atoms with Gasteiger partial charge in [-0.3, -0.25) is 4.98 Å². The first kappa shape index (κ1) is 21.8. The molecule has 0 aliphatic rings. The van der Waals surface area contributed by atoms with Crippen LogP contribution in [-0.4, -0.2) is 4.98 Å². The van der Waals surface area contributed by atoms with Crippen LogP contribution >= 0.6 is 22.7 Å². The Hall–Kier alpha value is -2.69. The van der Waals surface area contributed by atoms with Crippen LogP contribution in [0.2, 0.25) is 0 Å². The van der Waals surface area contributed by atoms with Crippen LogP contribution in [0.15, 0.2) is 52.4 Å². The second kappa shape index (κ2) is 7.66. The Morgan fingerprint density at radius 1 is 1.00 bits per heavy atom. The van der Waals surface area contributed by atoms with Crippen molar-refractivity contribution < 1.29 is 4.42 Å². The fourth-order valence-electron chi connectivity index (χ4n) is 5.05. The standard InChI is InChI=1S/C30H29NOS2/c1-16(2)11-25-17(3)20-14-21-24(15-26(20)34-25)32-23-7-9-31-28(27(21)23)19-12-18-8-10-33-29(18)22(13-19)30(4,5)6/h7-10,12-16H,11H2,1-6H3. The minimum atomic E-state index is 0.0538. The molecule has 172 valence electrons. The fraction of sp³-hybridized carbons (Fsp3) is 0.300. The molecule has 0 unspecified atom stereocenters. The van der Waals surface area contributed by atoms with E-state index in [9.17, 15) is 0 Å². The Morgan fingerprint density at radius 2 is 1.82 bits per heavy atom. The van der Waals surface area contributed by atoms with Crippen molar-refractivity contribution in [3.63, 3.8) is 0 Å². The highest BCUT2D eigenvalue weighted by atomic mass is 32.1. The molecule has 2 nitrogen and oxygen atoms in total. The van der Waals surface area contributed by atoms with Gasteiger partial charge in [0.2, 0.25) is 0 Å². The molecule has 4 heteroatoms. The number of furan rings is 1. The summed E-state index contributed by atoms with van der Waals surface area (Å²) < 4.78 is 9.07. The quantitative estimate of drug-likeness (QED) is 0.250. The smallest absolute Gasteiger partial charge is 0.139 e. The summed E-state index contributed by atoms with van der Waals surface area (Å²) >= 11 is 3.73. The Labute approximate surface area is 208 Å². The van der Waals surface area contributed by atoms with Crippen molar-refractivity contribution in [3.8, 4) is 11.3 Å². The molecule has 0 spiro atoms. The summed E-state index contributed by atoms with van der Waals surface area (Å²) in [5.74, 6) is 0.649. The number of nitrogens with zero attached hydrogens (tertiary/aromatic N) is 1. The van der Waals surface area contributed by atoms with Crippen LogP contribution in [0.4, 0.5) is 0 Å². The maximum atomic E-state index is 6.39. The van der Waals surface area contributed by atoms with Gasteiger partial charge in [0.25, 0.3) is 0 Å². The van der Waals surface area contributed by atoms with Crippen LogP contribution in [0.5, 0.6) is 0 Å². The summed E-state index contributed by atoms with van der Waals surface area (Å²) in [6.45, 7) is 13.7. The SMILES string of the molecule is Cc1c(CC(C)C)sc2cc3oc4ccnc(-c5cc(C(C)(C)C)c6sccc6c5)c4c3cc12. The number of fused-ring (bicyclic) bond motifs is 5. The van der Waals surface area contributed by atoms with Gasteiger partial charge < -0.3 is 4.42 Å². The number of aryl methyl sites for hydroxylation is 1. The van der Waals surface area contributed by atoms with Crippen LogP contribution < -0.4 is 0 Å². The number of pyridine rings is 1. The summed E-state index contributed by atoms with van der Waals surface area (Å²) in [4.78, 5) is 6.39. The summed E-state index contributed by atoms with van der Waals surface area (Å²) in [5, 5.41) is 7.09. The van der Waals surface area contributed by atoms with E-state index in [1.165, 1.54) is 36.2 Å². The molecule has 0 aliphatic heterocycles. The number of thiophene rings is 2. The van der Waals surface area contributed by atoms with Gasteiger partial charge >= 0.3 is 0 Å². The number of aromatic nitrogens is 1. The van der Waals surface area contributed by atoms with Gasteiger partial charge in [0.15, 0.2) is 0 Å². The Balaban J connectivity index is 1.64. The van der Waals surface area contributed by atoms with Crippen molar-refractivity contribution in [1.82, 2.24) is 4.98 Å². The van der Waals surface area contributed by atoms with E-state index in [2.05, 4.69) is 77.3 Å². The average molecular weight is 484 g/mol. The van der Waals surface area contributed by atoms with Crippen molar-refractivity contribution in [2.24, 2.45) is 5.92 Å². The monoisotopic (exact) mass is 483 g/mol. The second-order valence-electron chi connectivity index (χ2n) is 10.8. The van der Waals surface area contributed by atoms with Crippen LogP contribution in [0.1, 0.15) is 50.6 Å². The molecule has 6 rings (SSSR count). The molecule has 0 radical (unpaired) electrons. The van der Waals surface area contributed by atoms with E-state index in [4.69, 9.17) is 9.40 Å². The number of hydrogen-bond donors (Lipinski definition) is 0. The van der Waals surface area contributed by atoms with E-state index in [0.717, 1.165) is 39.6 Å². The van der Waals surface area contributed by atoms with Crippen LogP contribution in [0, 0.1) is 12.8 Å². The predicted octanol–water partition coefficient (Wildman–Crippen LogP) is 9.88. The predicted molar refractivity (Wildman–Crippen MR) is 150 cm³/mol. The van der Waals surface area contributed by atoms with Gasteiger partial charge in [0, 0.05) is 31.4 Å². The van der Waals surface area contributed by atoms with Crippen molar-refractivity contribution in [2.75, 3.05) is 0 Å². The molecule has 0 aliphatic carbocycles. The summed E-state index contributed by atoms with van der Waals surface area (Å²) in [7, 11) is 0. The summed E-state index contributed by atoms with van der Waals surface area (Å²) in [5.41, 5.74) is 6.85. The lowest BCUT2D eigenvalue weighted by Crippen LogP contribution is -2.11. The second-order valence-corrected chi connectivity index (χ2v) is 12.9. The van der Waals surface area contributed by atoms with Crippen molar-refractivity contribution in [3.05, 3.63) is 64.0 Å². The van der Waals surface area contributed by atoms with Crippen LogP contribution in [0.3, 0.4) is 0 Å². The first-order valence-corrected chi connectivity index (χ1v) is 13.7. The van der Waals surface area contributed by atoms with Crippen molar-refractivity contribution in [2.45, 2.75) is 53.4 Å². The fourth-order valence-corrected chi connectivity index (χ4v) is 7.59.